The van der Waals surface area contributed by atoms with Gasteiger partial charge in [0.2, 0.25) is 5.91 Å². The minimum atomic E-state index is -0.622. The number of nitrogens with zero attached hydrogens (tertiary/aromatic N) is 3. The molecule has 7 aliphatic rings. The van der Waals surface area contributed by atoms with Crippen LogP contribution in [0.3, 0.4) is 0 Å². The molecule has 0 spiro atoms. The van der Waals surface area contributed by atoms with Crippen molar-refractivity contribution in [2.24, 2.45) is 46.4 Å². The van der Waals surface area contributed by atoms with E-state index < -0.39 is 5.60 Å². The van der Waals surface area contributed by atoms with Gasteiger partial charge in [0, 0.05) is 43.7 Å². The zero-order chi connectivity index (χ0) is 24.3. The molecule has 7 rings (SSSR count). The van der Waals surface area contributed by atoms with Crippen LogP contribution >= 0.6 is 0 Å². The Labute approximate surface area is 212 Å². The van der Waals surface area contributed by atoms with Gasteiger partial charge in [-0.1, -0.05) is 13.8 Å². The summed E-state index contributed by atoms with van der Waals surface area (Å²) >= 11 is 0. The van der Waals surface area contributed by atoms with Crippen LogP contribution in [0.1, 0.15) is 85.0 Å². The predicted octanol–water partition coefficient (Wildman–Crippen LogP) is 4.28. The Kier molecular flexibility index (Phi) is 5.16. The fourth-order valence-electron chi connectivity index (χ4n) is 11.5. The number of fused-ring (bicyclic) bond motifs is 6. The van der Waals surface area contributed by atoms with E-state index in [1.165, 1.54) is 61.7 Å². The van der Waals surface area contributed by atoms with Gasteiger partial charge in [-0.2, -0.15) is 0 Å². The summed E-state index contributed by atoms with van der Waals surface area (Å²) in [6.45, 7) is 8.77. The molecule has 5 heterocycles. The van der Waals surface area contributed by atoms with E-state index in [2.05, 4.69) is 25.8 Å². The molecule has 3 unspecified atom stereocenters. The Hall–Kier alpha value is -0.940. The molecule has 2 aliphatic carbocycles. The lowest BCUT2D eigenvalue weighted by molar-refractivity contribution is -0.948. The first-order valence-electron chi connectivity index (χ1n) is 15.1. The van der Waals surface area contributed by atoms with Crippen molar-refractivity contribution >= 4 is 11.6 Å². The van der Waals surface area contributed by atoms with Crippen LogP contribution in [0.5, 0.6) is 0 Å². The molecule has 0 aromatic heterocycles. The van der Waals surface area contributed by atoms with Crippen molar-refractivity contribution in [3.63, 3.8) is 0 Å². The fraction of sp³-hybridized carbons (Fsp3) is 0.933. The predicted molar refractivity (Wildman–Crippen MR) is 138 cm³/mol. The molecular weight excluding hydrogens is 434 g/mol. The monoisotopic (exact) mass is 482 g/mol. The Morgan fingerprint density at radius 1 is 1.09 bits per heavy atom. The standard InChI is InChI=1S/C30H48N3O2/c1-17-10-20(23-6-5-9-32(19(3)34)26(23)12-17)14-22-7-8-30(35)21-15-24-25-11-18(2)13-27(24)33(4,16-21)28(25)29(30)31-22/h17-18,20-28,35H,5-16H2,1-4H3/q+1/t17-,18+,20+,21+,22?,23-,24+,25+,26+,27-,28-,30?,33?/m0/s1. The molecule has 2 saturated carbocycles. The van der Waals surface area contributed by atoms with Crippen LogP contribution in [0.25, 0.3) is 0 Å². The maximum absolute atomic E-state index is 12.4. The molecule has 5 heteroatoms. The minimum Gasteiger partial charge on any atom is -0.383 e. The average Bonchev–Trinajstić information content (AvgIpc) is 2.92. The number of aliphatic hydroxyl groups is 1. The highest BCUT2D eigenvalue weighted by Gasteiger charge is 2.73. The van der Waals surface area contributed by atoms with Gasteiger partial charge in [-0.25, -0.2) is 0 Å². The molecule has 0 aromatic rings. The van der Waals surface area contributed by atoms with Crippen LogP contribution in [-0.4, -0.2) is 76.0 Å². The quantitative estimate of drug-likeness (QED) is 0.598. The molecule has 0 aromatic carbocycles. The number of piperidine rings is 3. The highest BCUT2D eigenvalue weighted by molar-refractivity contribution is 5.98. The van der Waals surface area contributed by atoms with Crippen molar-refractivity contribution in [1.82, 2.24) is 4.90 Å². The first-order valence-corrected chi connectivity index (χ1v) is 15.1. The highest BCUT2D eigenvalue weighted by atomic mass is 16.3. The van der Waals surface area contributed by atoms with E-state index in [1.54, 1.807) is 6.92 Å². The van der Waals surface area contributed by atoms with Crippen molar-refractivity contribution in [2.75, 3.05) is 20.1 Å². The van der Waals surface area contributed by atoms with Crippen LogP contribution in [0.2, 0.25) is 0 Å². The number of amides is 1. The molecule has 13 atom stereocenters. The number of carbonyl (C=O) groups is 1. The van der Waals surface area contributed by atoms with Crippen LogP contribution in [0.15, 0.2) is 4.99 Å². The summed E-state index contributed by atoms with van der Waals surface area (Å²) in [6, 6.07) is 2.09. The Morgan fingerprint density at radius 2 is 1.89 bits per heavy atom. The van der Waals surface area contributed by atoms with Gasteiger partial charge in [0.15, 0.2) is 0 Å². The molecule has 35 heavy (non-hydrogen) atoms. The lowest BCUT2D eigenvalue weighted by atomic mass is 9.64. The molecule has 4 saturated heterocycles. The second-order valence-corrected chi connectivity index (χ2v) is 14.7. The average molecular weight is 483 g/mol. The fourth-order valence-corrected chi connectivity index (χ4v) is 11.5. The summed E-state index contributed by atoms with van der Waals surface area (Å²) in [7, 11) is 2.53. The van der Waals surface area contributed by atoms with E-state index >= 15 is 0 Å². The minimum absolute atomic E-state index is 0.273. The lowest BCUT2D eigenvalue weighted by Crippen LogP contribution is -2.73. The summed E-state index contributed by atoms with van der Waals surface area (Å²) in [4.78, 5) is 20.2. The molecule has 5 aliphatic heterocycles. The lowest BCUT2D eigenvalue weighted by Gasteiger charge is -2.57. The van der Waals surface area contributed by atoms with Gasteiger partial charge >= 0.3 is 0 Å². The molecule has 1 amide bonds. The van der Waals surface area contributed by atoms with E-state index in [1.807, 2.05) is 0 Å². The molecule has 0 radical (unpaired) electrons. The smallest absolute Gasteiger partial charge is 0.219 e. The number of likely N-dealkylation sites (tertiary alicyclic amines) is 1. The van der Waals surface area contributed by atoms with E-state index in [0.717, 1.165) is 49.6 Å². The van der Waals surface area contributed by atoms with Crippen LogP contribution in [0.4, 0.5) is 0 Å². The molecule has 5 nitrogen and oxygen atoms in total. The van der Waals surface area contributed by atoms with Gasteiger partial charge < -0.3 is 14.5 Å². The second kappa shape index (κ2) is 7.79. The van der Waals surface area contributed by atoms with Gasteiger partial charge in [-0.05, 0) is 81.5 Å². The third-order valence-electron chi connectivity index (χ3n) is 12.7. The van der Waals surface area contributed by atoms with Gasteiger partial charge in [-0.3, -0.25) is 9.79 Å². The molecular formula is C30H48N3O2+. The van der Waals surface area contributed by atoms with Crippen molar-refractivity contribution in [3.8, 4) is 0 Å². The summed E-state index contributed by atoms with van der Waals surface area (Å²) in [6.07, 6.45) is 12.1. The maximum Gasteiger partial charge on any atom is 0.219 e. The Bertz CT molecular complexity index is 935. The van der Waals surface area contributed by atoms with Gasteiger partial charge in [0.05, 0.1) is 25.7 Å². The number of aliphatic imine (C=N–C) groups is 1. The molecule has 194 valence electrons. The maximum atomic E-state index is 12.4. The topological polar surface area (TPSA) is 52.9 Å². The van der Waals surface area contributed by atoms with Gasteiger partial charge in [0.1, 0.15) is 17.4 Å². The zero-order valence-electron chi connectivity index (χ0n) is 22.5. The van der Waals surface area contributed by atoms with Crippen LogP contribution in [0, 0.1) is 41.4 Å². The normalized spacial score (nSPS) is 56.3. The van der Waals surface area contributed by atoms with E-state index in [4.69, 9.17) is 4.99 Å². The SMILES string of the molecule is CC(=O)N1CCC[C@H]2[C@@H](CC3CCC4(O)C(=N3)[C@@H]3[C@@H]5C[C@@H](C)C[C@H]6[C@@H]5C[C@@H]4C[N+]36C)C[C@H](C)C[C@H]21. The zero-order valence-corrected chi connectivity index (χ0v) is 22.5. The third kappa shape index (κ3) is 3.19. The molecule has 1 N–H and O–H groups in total. The third-order valence-corrected chi connectivity index (χ3v) is 12.7. The van der Waals surface area contributed by atoms with Gasteiger partial charge in [0.25, 0.3) is 0 Å². The van der Waals surface area contributed by atoms with E-state index in [0.29, 0.717) is 41.8 Å². The van der Waals surface area contributed by atoms with Crippen molar-refractivity contribution in [2.45, 2.75) is 115 Å². The summed E-state index contributed by atoms with van der Waals surface area (Å²) in [5.74, 6) is 5.08. The highest BCUT2D eigenvalue weighted by Crippen LogP contribution is 2.62. The number of rotatable bonds is 2. The summed E-state index contributed by atoms with van der Waals surface area (Å²) in [5, 5.41) is 12.2. The van der Waals surface area contributed by atoms with Crippen LogP contribution < -0.4 is 0 Å². The first-order chi connectivity index (χ1) is 16.7. The summed E-state index contributed by atoms with van der Waals surface area (Å²) < 4.78 is 1.19. The summed E-state index contributed by atoms with van der Waals surface area (Å²) in [5.41, 5.74) is 0.634. The van der Waals surface area contributed by atoms with Crippen molar-refractivity contribution in [3.05, 3.63) is 0 Å². The Morgan fingerprint density at radius 3 is 2.69 bits per heavy atom. The second-order valence-electron chi connectivity index (χ2n) is 14.7. The number of carbonyl (C=O) groups excluding carboxylic acids is 1. The van der Waals surface area contributed by atoms with Gasteiger partial charge in [-0.15, -0.1) is 0 Å². The number of hydrogen-bond donors (Lipinski definition) is 1. The first kappa shape index (κ1) is 23.2. The van der Waals surface area contributed by atoms with E-state index in [-0.39, 0.29) is 5.91 Å². The number of hydrogen-bond acceptors (Lipinski definition) is 3. The van der Waals surface area contributed by atoms with Crippen LogP contribution in [-0.2, 0) is 4.79 Å². The Balaban J connectivity index is 1.19. The van der Waals surface area contributed by atoms with Crippen molar-refractivity contribution in [1.29, 1.82) is 0 Å². The van der Waals surface area contributed by atoms with E-state index in [9.17, 15) is 9.90 Å². The largest absolute Gasteiger partial charge is 0.383 e. The molecule has 6 fully saturated rings. The number of quaternary nitrogens is 1. The van der Waals surface area contributed by atoms with Crippen molar-refractivity contribution < 1.29 is 14.4 Å². The molecule has 5 bridgehead atoms.